The zero-order chi connectivity index (χ0) is 33.2. The molecule has 2 aromatic carbocycles. The molecule has 0 bridgehead atoms. The molecule has 258 valence electrons. The van der Waals surface area contributed by atoms with E-state index in [0.29, 0.717) is 13.1 Å². The largest absolute Gasteiger partial charge is 0.460 e. The highest BCUT2D eigenvalue weighted by molar-refractivity contribution is 5.72. The summed E-state index contributed by atoms with van der Waals surface area (Å²) in [4.78, 5) is 30.1. The molecule has 2 aromatic rings. The number of carbonyl (C=O) groups excluding carboxylic acids is 2. The number of hydrogen-bond acceptors (Lipinski definition) is 6. The highest BCUT2D eigenvalue weighted by Crippen LogP contribution is 2.23. The maximum atomic E-state index is 12.8. The van der Waals surface area contributed by atoms with Crippen molar-refractivity contribution in [1.82, 2.24) is 9.80 Å². The molecule has 0 heterocycles. The molecule has 0 N–H and O–H groups in total. The Bertz CT molecular complexity index is 1000. The lowest BCUT2D eigenvalue weighted by atomic mass is 10.0. The minimum Gasteiger partial charge on any atom is -0.460 e. The zero-order valence-electron chi connectivity index (χ0n) is 29.7. The van der Waals surface area contributed by atoms with Crippen LogP contribution < -0.4 is 0 Å². The summed E-state index contributed by atoms with van der Waals surface area (Å²) >= 11 is 0. The third-order valence-corrected chi connectivity index (χ3v) is 8.50. The lowest BCUT2D eigenvalue weighted by Crippen LogP contribution is -2.32. The summed E-state index contributed by atoms with van der Waals surface area (Å²) in [5, 5.41) is 0. The van der Waals surface area contributed by atoms with Crippen LogP contribution in [0.2, 0.25) is 0 Å². The van der Waals surface area contributed by atoms with E-state index in [1.54, 1.807) is 0 Å². The molecule has 0 radical (unpaired) electrons. The van der Waals surface area contributed by atoms with Gasteiger partial charge in [-0.15, -0.1) is 0 Å². The number of hydrogen-bond donors (Lipinski definition) is 0. The van der Waals surface area contributed by atoms with Gasteiger partial charge in [-0.3, -0.25) is 19.4 Å². The average Bonchev–Trinajstić information content (AvgIpc) is 3.07. The molecule has 0 aliphatic rings. The first-order chi connectivity index (χ1) is 22.5. The van der Waals surface area contributed by atoms with E-state index in [2.05, 4.69) is 61.8 Å². The molecule has 2 rings (SSSR count). The van der Waals surface area contributed by atoms with Crippen LogP contribution in [0.15, 0.2) is 48.5 Å². The Hall–Kier alpha value is -2.70. The van der Waals surface area contributed by atoms with Crippen LogP contribution in [-0.2, 0) is 32.3 Å². The molecule has 6 nitrogen and oxygen atoms in total. The van der Waals surface area contributed by atoms with Crippen LogP contribution in [0.25, 0.3) is 11.1 Å². The Labute approximate surface area is 281 Å². The topological polar surface area (TPSA) is 59.1 Å². The Balaban J connectivity index is 1.90. The number of esters is 2. The van der Waals surface area contributed by atoms with Crippen molar-refractivity contribution < 1.29 is 19.1 Å². The minimum atomic E-state index is -0.161. The number of nitrogens with zero attached hydrogens (tertiary/aromatic N) is 2. The third-order valence-electron chi connectivity index (χ3n) is 8.50. The number of rotatable bonds is 27. The highest BCUT2D eigenvalue weighted by atomic mass is 16.5. The summed E-state index contributed by atoms with van der Waals surface area (Å²) in [7, 11) is 0. The Morgan fingerprint density at radius 1 is 0.500 bits per heavy atom. The van der Waals surface area contributed by atoms with Crippen LogP contribution in [0, 0.1) is 0 Å². The molecule has 0 aliphatic carbocycles. The first-order valence-corrected chi connectivity index (χ1v) is 18.4. The third kappa shape index (κ3) is 17.9. The van der Waals surface area contributed by atoms with Gasteiger partial charge in [0.15, 0.2) is 0 Å². The second-order valence-corrected chi connectivity index (χ2v) is 12.8. The van der Waals surface area contributed by atoms with Gasteiger partial charge >= 0.3 is 11.9 Å². The molecule has 46 heavy (non-hydrogen) atoms. The van der Waals surface area contributed by atoms with Gasteiger partial charge in [0.2, 0.25) is 0 Å². The van der Waals surface area contributed by atoms with Crippen LogP contribution in [0.3, 0.4) is 0 Å². The van der Waals surface area contributed by atoms with Gasteiger partial charge in [0.1, 0.15) is 13.2 Å². The van der Waals surface area contributed by atoms with Crippen molar-refractivity contribution in [3.63, 3.8) is 0 Å². The first-order valence-electron chi connectivity index (χ1n) is 18.4. The number of ether oxygens (including phenoxy) is 2. The predicted molar refractivity (Wildman–Crippen MR) is 192 cm³/mol. The molecule has 0 unspecified atom stereocenters. The molecule has 0 saturated heterocycles. The second kappa shape index (κ2) is 25.4. The Morgan fingerprint density at radius 2 is 0.848 bits per heavy atom. The summed E-state index contributed by atoms with van der Waals surface area (Å²) < 4.78 is 11.5. The van der Waals surface area contributed by atoms with E-state index < -0.39 is 0 Å². The van der Waals surface area contributed by atoms with Crippen molar-refractivity contribution in [3.05, 3.63) is 59.7 Å². The van der Waals surface area contributed by atoms with Gasteiger partial charge in [0.05, 0.1) is 13.1 Å². The number of carbonyl (C=O) groups is 2. The van der Waals surface area contributed by atoms with Crippen molar-refractivity contribution in [3.8, 4) is 11.1 Å². The van der Waals surface area contributed by atoms with E-state index in [4.69, 9.17) is 9.47 Å². The predicted octanol–water partition coefficient (Wildman–Crippen LogP) is 9.59. The summed E-state index contributed by atoms with van der Waals surface area (Å²) in [6, 6.07) is 16.3. The molecule has 0 fully saturated rings. The van der Waals surface area contributed by atoms with E-state index in [1.807, 2.05) is 24.3 Å². The molecule has 0 spiro atoms. The van der Waals surface area contributed by atoms with Gasteiger partial charge in [-0.25, -0.2) is 0 Å². The fraction of sp³-hybridized carbons (Fsp3) is 0.650. The van der Waals surface area contributed by atoms with Crippen LogP contribution in [0.1, 0.15) is 129 Å². The maximum Gasteiger partial charge on any atom is 0.320 e. The van der Waals surface area contributed by atoms with Gasteiger partial charge in [-0.2, -0.15) is 0 Å². The minimum absolute atomic E-state index is 0.161. The molecule has 0 saturated carbocycles. The smallest absolute Gasteiger partial charge is 0.320 e. The summed E-state index contributed by atoms with van der Waals surface area (Å²) in [6.07, 6.45) is 16.6. The maximum absolute atomic E-state index is 12.8. The Morgan fingerprint density at radius 3 is 1.22 bits per heavy atom. The van der Waals surface area contributed by atoms with E-state index in [-0.39, 0.29) is 25.2 Å². The molecule has 0 aromatic heterocycles. The van der Waals surface area contributed by atoms with Gasteiger partial charge in [0.25, 0.3) is 0 Å². The van der Waals surface area contributed by atoms with Crippen LogP contribution in [0.4, 0.5) is 0 Å². The number of unbranched alkanes of at least 4 members (excludes halogenated alkanes) is 10. The van der Waals surface area contributed by atoms with Crippen molar-refractivity contribution >= 4 is 11.9 Å². The molecule has 0 amide bonds. The van der Waals surface area contributed by atoms with Gasteiger partial charge < -0.3 is 9.47 Å². The summed E-state index contributed by atoms with van der Waals surface area (Å²) in [5.74, 6) is -0.322. The van der Waals surface area contributed by atoms with E-state index >= 15 is 0 Å². The zero-order valence-corrected chi connectivity index (χ0v) is 29.7. The normalized spacial score (nSPS) is 11.3. The quantitative estimate of drug-likeness (QED) is 0.0719. The van der Waals surface area contributed by atoms with Crippen molar-refractivity contribution in [2.45, 2.75) is 131 Å². The Kier molecular flexibility index (Phi) is 21.8. The van der Waals surface area contributed by atoms with Crippen LogP contribution in [-0.4, -0.2) is 61.0 Å². The molecular weight excluding hydrogens is 572 g/mol. The standard InChI is InChI=1S/C40H64N2O4/c1-5-9-13-17-27-41(25-15-11-7-3)31-39(43)45-33-35-21-19-23-37(29-35)38-24-20-22-36(30-38)34-46-40(44)32-42(26-16-12-8-4)28-18-14-10-6-2/h19-24,29-30H,5-18,25-28,31-34H2,1-4H3. The summed E-state index contributed by atoms with van der Waals surface area (Å²) in [5.41, 5.74) is 4.02. The average molecular weight is 637 g/mol. The van der Waals surface area contributed by atoms with Gasteiger partial charge in [-0.05, 0) is 86.2 Å². The van der Waals surface area contributed by atoms with Gasteiger partial charge in [0, 0.05) is 0 Å². The SMILES string of the molecule is CCCCCCN(CCCCC)CC(=O)OCc1cccc(-c2cccc(COC(=O)CN(CCCCC)CCCCCC)c2)c1. The molecule has 0 aliphatic heterocycles. The van der Waals surface area contributed by atoms with Crippen LogP contribution in [0.5, 0.6) is 0 Å². The van der Waals surface area contributed by atoms with E-state index in [0.717, 1.165) is 74.1 Å². The highest BCUT2D eigenvalue weighted by Gasteiger charge is 2.14. The van der Waals surface area contributed by atoms with Crippen LogP contribution >= 0.6 is 0 Å². The molecule has 0 atom stereocenters. The van der Waals surface area contributed by atoms with Crippen molar-refractivity contribution in [2.75, 3.05) is 39.3 Å². The second-order valence-electron chi connectivity index (χ2n) is 12.8. The van der Waals surface area contributed by atoms with Gasteiger partial charge in [-0.1, -0.05) is 128 Å². The molecule has 6 heteroatoms. The fourth-order valence-electron chi connectivity index (χ4n) is 5.70. The van der Waals surface area contributed by atoms with Crippen molar-refractivity contribution in [1.29, 1.82) is 0 Å². The van der Waals surface area contributed by atoms with E-state index in [9.17, 15) is 9.59 Å². The number of benzene rings is 2. The first kappa shape index (κ1) is 39.5. The monoisotopic (exact) mass is 636 g/mol. The lowest BCUT2D eigenvalue weighted by molar-refractivity contribution is -0.147. The molecular formula is C40H64N2O4. The van der Waals surface area contributed by atoms with E-state index in [1.165, 1.54) is 64.2 Å². The lowest BCUT2D eigenvalue weighted by Gasteiger charge is -2.21. The fourth-order valence-corrected chi connectivity index (χ4v) is 5.70. The van der Waals surface area contributed by atoms with Crippen molar-refractivity contribution in [2.24, 2.45) is 0 Å². The summed E-state index contributed by atoms with van der Waals surface area (Å²) in [6.45, 7) is 13.9.